The van der Waals surface area contributed by atoms with Crippen molar-refractivity contribution in [2.24, 2.45) is 0 Å². The molecule has 1 aromatic heterocycles. The second-order valence-electron chi connectivity index (χ2n) is 2.90. The third-order valence-electron chi connectivity index (χ3n) is 1.81. The van der Waals surface area contributed by atoms with E-state index in [9.17, 15) is 4.79 Å². The van der Waals surface area contributed by atoms with Gasteiger partial charge in [-0.3, -0.25) is 4.79 Å². The molecule has 1 unspecified atom stereocenters. The molecule has 0 saturated carbocycles. The van der Waals surface area contributed by atoms with E-state index in [-0.39, 0.29) is 0 Å². The van der Waals surface area contributed by atoms with E-state index >= 15 is 0 Å². The van der Waals surface area contributed by atoms with Gasteiger partial charge in [-0.1, -0.05) is 0 Å². The lowest BCUT2D eigenvalue weighted by Gasteiger charge is -2.07. The van der Waals surface area contributed by atoms with Gasteiger partial charge in [0.15, 0.2) is 0 Å². The lowest BCUT2D eigenvalue weighted by molar-refractivity contribution is -0.139. The molecule has 0 aliphatic carbocycles. The van der Waals surface area contributed by atoms with Crippen molar-refractivity contribution in [3.63, 3.8) is 0 Å². The first kappa shape index (κ1) is 9.80. The van der Waals surface area contributed by atoms with Gasteiger partial charge in [-0.05, 0) is 26.1 Å². The Labute approximate surface area is 76.6 Å². The average Bonchev–Trinajstić information content (AvgIpc) is 2.46. The van der Waals surface area contributed by atoms with Gasteiger partial charge >= 0.3 is 5.97 Å². The predicted octanol–water partition coefficient (Wildman–Crippen LogP) is 0.976. The molecule has 13 heavy (non-hydrogen) atoms. The third kappa shape index (κ3) is 2.32. The van der Waals surface area contributed by atoms with Crippen molar-refractivity contribution < 1.29 is 14.3 Å². The van der Waals surface area contributed by atoms with E-state index in [4.69, 9.17) is 9.52 Å². The van der Waals surface area contributed by atoms with Crippen LogP contribution < -0.4 is 5.32 Å². The minimum absolute atomic E-state index is 0.377. The second-order valence-corrected chi connectivity index (χ2v) is 2.90. The van der Waals surface area contributed by atoms with E-state index < -0.39 is 11.9 Å². The molecular weight excluding hydrogens is 170 g/mol. The molecule has 1 rings (SSSR count). The summed E-state index contributed by atoms with van der Waals surface area (Å²) < 4.78 is 5.24. The number of hydrogen-bond acceptors (Lipinski definition) is 3. The quantitative estimate of drug-likeness (QED) is 0.730. The fourth-order valence-corrected chi connectivity index (χ4v) is 1.15. The summed E-state index contributed by atoms with van der Waals surface area (Å²) >= 11 is 0. The highest BCUT2D eigenvalue weighted by Crippen LogP contribution is 2.17. The molecule has 0 radical (unpaired) electrons. The zero-order chi connectivity index (χ0) is 9.84. The number of aliphatic carboxylic acids is 1. The van der Waals surface area contributed by atoms with Crippen LogP contribution in [0, 0.1) is 6.92 Å². The van der Waals surface area contributed by atoms with Gasteiger partial charge in [0.1, 0.15) is 17.4 Å². The standard InChI is InChI=1S/C9H13NO3/c1-6-3-4-8(13-6)7(5-10-2)9(11)12/h3-4,7,10H,5H2,1-2H3,(H,11,12). The molecule has 1 atom stereocenters. The molecule has 4 heteroatoms. The number of rotatable bonds is 4. The highest BCUT2D eigenvalue weighted by Gasteiger charge is 2.21. The zero-order valence-electron chi connectivity index (χ0n) is 7.70. The summed E-state index contributed by atoms with van der Waals surface area (Å²) in [6, 6.07) is 3.46. The van der Waals surface area contributed by atoms with E-state index in [1.165, 1.54) is 0 Å². The topological polar surface area (TPSA) is 62.5 Å². The molecule has 4 nitrogen and oxygen atoms in total. The van der Waals surface area contributed by atoms with Crippen molar-refractivity contribution in [3.05, 3.63) is 23.7 Å². The zero-order valence-corrected chi connectivity index (χ0v) is 7.70. The van der Waals surface area contributed by atoms with Gasteiger partial charge in [0.05, 0.1) is 0 Å². The molecule has 0 amide bonds. The minimum atomic E-state index is -0.872. The number of carbonyl (C=O) groups is 1. The fraction of sp³-hybridized carbons (Fsp3) is 0.444. The summed E-state index contributed by atoms with van der Waals surface area (Å²) in [6.45, 7) is 2.17. The maximum atomic E-state index is 10.8. The number of furan rings is 1. The van der Waals surface area contributed by atoms with Crippen molar-refractivity contribution in [3.8, 4) is 0 Å². The van der Waals surface area contributed by atoms with E-state index in [0.29, 0.717) is 12.3 Å². The Hall–Kier alpha value is -1.29. The van der Waals surface area contributed by atoms with Crippen LogP contribution in [0.1, 0.15) is 17.4 Å². The smallest absolute Gasteiger partial charge is 0.315 e. The second kappa shape index (κ2) is 4.09. The number of carboxylic acids is 1. The van der Waals surface area contributed by atoms with Crippen molar-refractivity contribution in [2.75, 3.05) is 13.6 Å². The molecule has 2 N–H and O–H groups in total. The number of nitrogens with one attached hydrogen (secondary N) is 1. The number of carboxylic acid groups (broad SMARTS) is 1. The van der Waals surface area contributed by atoms with Crippen molar-refractivity contribution in [1.29, 1.82) is 0 Å². The van der Waals surface area contributed by atoms with Gasteiger partial charge in [0.25, 0.3) is 0 Å². The van der Waals surface area contributed by atoms with Gasteiger partial charge in [0.2, 0.25) is 0 Å². The summed E-state index contributed by atoms with van der Waals surface area (Å²) in [4.78, 5) is 10.8. The van der Waals surface area contributed by atoms with Crippen LogP contribution in [0.3, 0.4) is 0 Å². The van der Waals surface area contributed by atoms with Crippen LogP contribution in [-0.4, -0.2) is 24.7 Å². The van der Waals surface area contributed by atoms with E-state index in [0.717, 1.165) is 5.76 Å². The summed E-state index contributed by atoms with van der Waals surface area (Å²) in [5.41, 5.74) is 0. The predicted molar refractivity (Wildman–Crippen MR) is 47.7 cm³/mol. The summed E-state index contributed by atoms with van der Waals surface area (Å²) in [5.74, 6) is -0.237. The summed E-state index contributed by atoms with van der Waals surface area (Å²) in [7, 11) is 1.71. The Morgan fingerprint density at radius 3 is 2.77 bits per heavy atom. The number of aryl methyl sites for hydroxylation is 1. The third-order valence-corrected chi connectivity index (χ3v) is 1.81. The normalized spacial score (nSPS) is 12.8. The Morgan fingerprint density at radius 2 is 2.38 bits per heavy atom. The van der Waals surface area contributed by atoms with Crippen molar-refractivity contribution in [2.45, 2.75) is 12.8 Å². The first-order valence-electron chi connectivity index (χ1n) is 4.09. The lowest BCUT2D eigenvalue weighted by Crippen LogP contribution is -2.23. The summed E-state index contributed by atoms with van der Waals surface area (Å²) in [5, 5.41) is 11.7. The van der Waals surface area contributed by atoms with Crippen molar-refractivity contribution in [1.82, 2.24) is 5.32 Å². The molecule has 1 aromatic rings. The van der Waals surface area contributed by atoms with Crippen LogP contribution in [0.4, 0.5) is 0 Å². The highest BCUT2D eigenvalue weighted by atomic mass is 16.4. The molecule has 0 aromatic carbocycles. The molecule has 0 saturated heterocycles. The van der Waals surface area contributed by atoms with Crippen LogP contribution in [0.25, 0.3) is 0 Å². The van der Waals surface area contributed by atoms with E-state index in [2.05, 4.69) is 5.32 Å². The Bertz CT molecular complexity index is 293. The SMILES string of the molecule is CNCC(C(=O)O)c1ccc(C)o1. The van der Waals surface area contributed by atoms with Gasteiger partial charge in [-0.25, -0.2) is 0 Å². The van der Waals surface area contributed by atoms with Crippen LogP contribution in [0.15, 0.2) is 16.5 Å². The lowest BCUT2D eigenvalue weighted by atomic mass is 10.1. The van der Waals surface area contributed by atoms with E-state index in [1.54, 1.807) is 26.1 Å². The Balaban J connectivity index is 2.81. The molecular formula is C9H13NO3. The monoisotopic (exact) mass is 183 g/mol. The van der Waals surface area contributed by atoms with Crippen LogP contribution >= 0.6 is 0 Å². The molecule has 0 aliphatic rings. The van der Waals surface area contributed by atoms with Gasteiger partial charge in [0, 0.05) is 6.54 Å². The molecule has 0 spiro atoms. The van der Waals surface area contributed by atoms with Crippen LogP contribution in [0.5, 0.6) is 0 Å². The number of hydrogen-bond donors (Lipinski definition) is 2. The van der Waals surface area contributed by atoms with Gasteiger partial charge in [-0.15, -0.1) is 0 Å². The largest absolute Gasteiger partial charge is 0.481 e. The molecule has 0 aliphatic heterocycles. The van der Waals surface area contributed by atoms with Crippen LogP contribution in [0.2, 0.25) is 0 Å². The maximum Gasteiger partial charge on any atom is 0.315 e. The van der Waals surface area contributed by atoms with Gasteiger partial charge < -0.3 is 14.8 Å². The van der Waals surface area contributed by atoms with Crippen molar-refractivity contribution >= 4 is 5.97 Å². The minimum Gasteiger partial charge on any atom is -0.481 e. The Morgan fingerprint density at radius 1 is 1.69 bits per heavy atom. The molecule has 0 fully saturated rings. The first-order chi connectivity index (χ1) is 6.15. The molecule has 72 valence electrons. The van der Waals surface area contributed by atoms with E-state index in [1.807, 2.05) is 0 Å². The average molecular weight is 183 g/mol. The fourth-order valence-electron chi connectivity index (χ4n) is 1.15. The highest BCUT2D eigenvalue weighted by molar-refractivity contribution is 5.75. The maximum absolute atomic E-state index is 10.8. The van der Waals surface area contributed by atoms with Crippen LogP contribution in [-0.2, 0) is 4.79 Å². The molecule has 0 bridgehead atoms. The van der Waals surface area contributed by atoms with Gasteiger partial charge in [-0.2, -0.15) is 0 Å². The molecule has 1 heterocycles. The summed E-state index contributed by atoms with van der Waals surface area (Å²) in [6.07, 6.45) is 0. The Kier molecular flexibility index (Phi) is 3.08. The first-order valence-corrected chi connectivity index (χ1v) is 4.09. The number of likely N-dealkylation sites (N-methyl/N-ethyl adjacent to an activating group) is 1.